The highest BCUT2D eigenvalue weighted by molar-refractivity contribution is 5.96. The van der Waals surface area contributed by atoms with Gasteiger partial charge < -0.3 is 15.7 Å². The van der Waals surface area contributed by atoms with Gasteiger partial charge in [0.15, 0.2) is 0 Å². The lowest BCUT2D eigenvalue weighted by atomic mass is 9.91. The summed E-state index contributed by atoms with van der Waals surface area (Å²) in [7, 11) is 0. The topological polar surface area (TPSA) is 162 Å². The Kier molecular flexibility index (Phi) is 6.11. The molecule has 1 aliphatic rings. The molecule has 1 fully saturated rings. The highest BCUT2D eigenvalue weighted by Gasteiger charge is 2.38. The number of piperidine rings is 1. The van der Waals surface area contributed by atoms with Crippen molar-refractivity contribution in [3.8, 4) is 0 Å². The van der Waals surface area contributed by atoms with Gasteiger partial charge in [-0.3, -0.25) is 19.6 Å². The van der Waals surface area contributed by atoms with Crippen LogP contribution in [0.1, 0.15) is 30.1 Å². The number of alkyl halides is 3. The van der Waals surface area contributed by atoms with Gasteiger partial charge in [0.1, 0.15) is 5.65 Å². The number of aromatic amines is 2. The zero-order valence-electron chi connectivity index (χ0n) is 15.2. The smallest absolute Gasteiger partial charge is 0.475 e. The molecule has 5 N–H and O–H groups in total. The van der Waals surface area contributed by atoms with Crippen LogP contribution in [0.3, 0.4) is 0 Å². The molecule has 0 atom stereocenters. The third kappa shape index (κ3) is 5.63. The fraction of sp³-hybridized carbons (Fsp3) is 0.438. The van der Waals surface area contributed by atoms with E-state index in [1.54, 1.807) is 4.90 Å². The standard InChI is InChI=1S/C14H17N5O3.C2HF3O2/c1-14(15)2-4-19(5-3-14)12(21)8-6-9-10(16-7-8)17-13(22)18-11(9)20;3-2(4,5)1(6)7/h6-7H,2-5,15H2,1H3,(H2,16,17,18,20,22);(H,6,7). The Morgan fingerprint density at radius 1 is 1.24 bits per heavy atom. The van der Waals surface area contributed by atoms with Crippen molar-refractivity contribution in [1.29, 1.82) is 0 Å². The van der Waals surface area contributed by atoms with E-state index in [4.69, 9.17) is 15.6 Å². The van der Waals surface area contributed by atoms with Crippen LogP contribution >= 0.6 is 0 Å². The summed E-state index contributed by atoms with van der Waals surface area (Å²) < 4.78 is 31.7. The number of carboxylic acid groups (broad SMARTS) is 1. The Labute approximate surface area is 160 Å². The first-order chi connectivity index (χ1) is 13.3. The molecule has 0 aliphatic carbocycles. The van der Waals surface area contributed by atoms with Crippen molar-refractivity contribution in [1.82, 2.24) is 19.9 Å². The molecule has 13 heteroatoms. The normalized spacial score (nSPS) is 16.1. The van der Waals surface area contributed by atoms with Gasteiger partial charge >= 0.3 is 17.8 Å². The zero-order valence-corrected chi connectivity index (χ0v) is 15.2. The molecule has 1 amide bonds. The Balaban J connectivity index is 0.000000370. The van der Waals surface area contributed by atoms with Gasteiger partial charge in [0.2, 0.25) is 0 Å². The molecule has 29 heavy (non-hydrogen) atoms. The molecule has 1 aliphatic heterocycles. The van der Waals surface area contributed by atoms with Crippen LogP contribution < -0.4 is 17.0 Å². The summed E-state index contributed by atoms with van der Waals surface area (Å²) >= 11 is 0. The number of carboxylic acids is 1. The van der Waals surface area contributed by atoms with Crippen LogP contribution in [-0.4, -0.2) is 61.6 Å². The minimum absolute atomic E-state index is 0.165. The van der Waals surface area contributed by atoms with Crippen LogP contribution in [0.4, 0.5) is 13.2 Å². The first-order valence-corrected chi connectivity index (χ1v) is 8.31. The second-order valence-corrected chi connectivity index (χ2v) is 6.78. The van der Waals surface area contributed by atoms with Gasteiger partial charge in [0.25, 0.3) is 11.5 Å². The van der Waals surface area contributed by atoms with E-state index in [9.17, 15) is 27.6 Å². The Bertz CT molecular complexity index is 1030. The fourth-order valence-electron chi connectivity index (χ4n) is 2.57. The molecule has 0 bridgehead atoms. The summed E-state index contributed by atoms with van der Waals surface area (Å²) in [5, 5.41) is 7.31. The number of hydrogen-bond donors (Lipinski definition) is 4. The molecule has 0 radical (unpaired) electrons. The first kappa shape index (κ1) is 22.1. The van der Waals surface area contributed by atoms with E-state index in [2.05, 4.69) is 15.0 Å². The number of rotatable bonds is 1. The summed E-state index contributed by atoms with van der Waals surface area (Å²) in [6.07, 6.45) is -2.25. The van der Waals surface area contributed by atoms with E-state index in [1.165, 1.54) is 12.3 Å². The summed E-state index contributed by atoms with van der Waals surface area (Å²) in [6.45, 7) is 3.12. The van der Waals surface area contributed by atoms with E-state index in [1.807, 2.05) is 6.92 Å². The predicted molar refractivity (Wildman–Crippen MR) is 94.4 cm³/mol. The van der Waals surface area contributed by atoms with Gasteiger partial charge in [0.05, 0.1) is 10.9 Å². The van der Waals surface area contributed by atoms with Crippen molar-refractivity contribution in [2.75, 3.05) is 13.1 Å². The molecule has 0 aromatic carbocycles. The number of fused-ring (bicyclic) bond motifs is 1. The average molecular weight is 417 g/mol. The molecule has 0 saturated carbocycles. The Morgan fingerprint density at radius 2 is 1.79 bits per heavy atom. The number of nitrogens with zero attached hydrogens (tertiary/aromatic N) is 2. The number of likely N-dealkylation sites (tertiary alicyclic amines) is 1. The average Bonchev–Trinajstić information content (AvgIpc) is 2.60. The van der Waals surface area contributed by atoms with Crippen molar-refractivity contribution in [2.24, 2.45) is 5.73 Å². The molecule has 0 unspecified atom stereocenters. The van der Waals surface area contributed by atoms with Gasteiger partial charge in [-0.2, -0.15) is 13.2 Å². The van der Waals surface area contributed by atoms with Crippen LogP contribution in [0.25, 0.3) is 11.0 Å². The number of carbonyl (C=O) groups is 2. The van der Waals surface area contributed by atoms with Crippen LogP contribution in [0.5, 0.6) is 0 Å². The summed E-state index contributed by atoms with van der Waals surface area (Å²) in [5.74, 6) is -2.94. The van der Waals surface area contributed by atoms with Crippen molar-refractivity contribution in [2.45, 2.75) is 31.5 Å². The maximum atomic E-state index is 12.5. The number of amides is 1. The van der Waals surface area contributed by atoms with Crippen LogP contribution in [0, 0.1) is 0 Å². The van der Waals surface area contributed by atoms with E-state index in [-0.39, 0.29) is 22.5 Å². The highest BCUT2D eigenvalue weighted by Crippen LogP contribution is 2.20. The lowest BCUT2D eigenvalue weighted by Crippen LogP contribution is -2.49. The Hall–Kier alpha value is -3.22. The summed E-state index contributed by atoms with van der Waals surface area (Å²) in [5.41, 5.74) is 5.12. The van der Waals surface area contributed by atoms with Gasteiger partial charge in [0, 0.05) is 24.8 Å². The SMILES string of the molecule is CC1(N)CCN(C(=O)c2cnc3[nH]c(=O)[nH]c(=O)c3c2)CC1.O=C(O)C(F)(F)F. The zero-order chi connectivity index (χ0) is 22.0. The van der Waals surface area contributed by atoms with E-state index >= 15 is 0 Å². The minimum atomic E-state index is -5.08. The third-order valence-electron chi connectivity index (χ3n) is 4.27. The van der Waals surface area contributed by atoms with Crippen molar-refractivity contribution in [3.05, 3.63) is 38.7 Å². The molecular weight excluding hydrogens is 399 g/mol. The molecule has 158 valence electrons. The molecular formula is C16H18F3N5O5. The van der Waals surface area contributed by atoms with Crippen molar-refractivity contribution >= 4 is 22.9 Å². The second kappa shape index (κ2) is 8.03. The van der Waals surface area contributed by atoms with Gasteiger partial charge in [-0.15, -0.1) is 0 Å². The highest BCUT2D eigenvalue weighted by atomic mass is 19.4. The van der Waals surface area contributed by atoms with Gasteiger partial charge in [-0.1, -0.05) is 0 Å². The summed E-state index contributed by atoms with van der Waals surface area (Å²) in [4.78, 5) is 54.6. The summed E-state index contributed by atoms with van der Waals surface area (Å²) in [6, 6.07) is 1.45. The molecule has 2 aromatic heterocycles. The maximum Gasteiger partial charge on any atom is 0.490 e. The van der Waals surface area contributed by atoms with Crippen LogP contribution in [0.15, 0.2) is 21.9 Å². The first-order valence-electron chi connectivity index (χ1n) is 8.31. The number of nitrogens with one attached hydrogen (secondary N) is 2. The largest absolute Gasteiger partial charge is 0.490 e. The fourth-order valence-corrected chi connectivity index (χ4v) is 2.57. The number of halogens is 3. The Morgan fingerprint density at radius 3 is 2.31 bits per heavy atom. The second-order valence-electron chi connectivity index (χ2n) is 6.78. The number of H-pyrrole nitrogens is 2. The molecule has 3 rings (SSSR count). The quantitative estimate of drug-likeness (QED) is 0.515. The van der Waals surface area contributed by atoms with Crippen molar-refractivity contribution in [3.63, 3.8) is 0 Å². The molecule has 1 saturated heterocycles. The van der Waals surface area contributed by atoms with Crippen molar-refractivity contribution < 1.29 is 27.9 Å². The third-order valence-corrected chi connectivity index (χ3v) is 4.27. The number of pyridine rings is 1. The molecule has 0 spiro atoms. The molecule has 10 nitrogen and oxygen atoms in total. The lowest BCUT2D eigenvalue weighted by Gasteiger charge is -2.36. The number of nitrogens with two attached hydrogens (primary N) is 1. The number of hydrogen-bond acceptors (Lipinski definition) is 6. The molecule has 3 heterocycles. The predicted octanol–water partition coefficient (Wildman–Crippen LogP) is 0.198. The number of aliphatic carboxylic acids is 1. The van der Waals surface area contributed by atoms with E-state index in [0.29, 0.717) is 18.7 Å². The van der Waals surface area contributed by atoms with Gasteiger partial charge in [-0.05, 0) is 25.8 Å². The van der Waals surface area contributed by atoms with Crippen LogP contribution in [0.2, 0.25) is 0 Å². The van der Waals surface area contributed by atoms with E-state index < -0.39 is 23.4 Å². The molecule has 2 aromatic rings. The maximum absolute atomic E-state index is 12.5. The monoisotopic (exact) mass is 417 g/mol. The number of aromatic nitrogens is 3. The minimum Gasteiger partial charge on any atom is -0.475 e. The van der Waals surface area contributed by atoms with Crippen LogP contribution in [-0.2, 0) is 4.79 Å². The number of carbonyl (C=O) groups excluding carboxylic acids is 1. The van der Waals surface area contributed by atoms with E-state index in [0.717, 1.165) is 12.8 Å². The lowest BCUT2D eigenvalue weighted by molar-refractivity contribution is -0.192. The van der Waals surface area contributed by atoms with Gasteiger partial charge in [-0.25, -0.2) is 14.6 Å².